The first-order chi connectivity index (χ1) is 9.42. The summed E-state index contributed by atoms with van der Waals surface area (Å²) in [6.45, 7) is 11.1. The Balaban J connectivity index is 3.22. The number of nitrogens with one attached hydrogen (secondary N) is 1. The second-order valence-corrected chi connectivity index (χ2v) is 5.85. The Morgan fingerprint density at radius 3 is 2.35 bits per heavy atom. The van der Waals surface area contributed by atoms with E-state index in [2.05, 4.69) is 26.1 Å². The summed E-state index contributed by atoms with van der Waals surface area (Å²) >= 11 is 0. The van der Waals surface area contributed by atoms with Gasteiger partial charge in [0.05, 0.1) is 12.1 Å². The number of halogens is 1. The van der Waals surface area contributed by atoms with E-state index in [4.69, 9.17) is 4.74 Å². The average Bonchev–Trinajstić information content (AvgIpc) is 2.34. The number of ether oxygens (including phenoxy) is 1. The van der Waals surface area contributed by atoms with Crippen molar-refractivity contribution in [2.45, 2.75) is 53.2 Å². The van der Waals surface area contributed by atoms with Crippen molar-refractivity contribution in [2.24, 2.45) is 5.92 Å². The van der Waals surface area contributed by atoms with Crippen molar-refractivity contribution < 1.29 is 9.13 Å². The van der Waals surface area contributed by atoms with Crippen LogP contribution in [0.1, 0.15) is 49.9 Å². The zero-order valence-electron chi connectivity index (χ0n) is 13.6. The fourth-order valence-corrected chi connectivity index (χ4v) is 2.80. The Bertz CT molecular complexity index is 408. The van der Waals surface area contributed by atoms with E-state index in [1.54, 1.807) is 13.2 Å². The number of hydrogen-bond donors (Lipinski definition) is 1. The van der Waals surface area contributed by atoms with Crippen LogP contribution in [0.2, 0.25) is 0 Å². The highest BCUT2D eigenvalue weighted by molar-refractivity contribution is 5.35. The molecule has 0 aliphatic rings. The van der Waals surface area contributed by atoms with Gasteiger partial charge in [-0.1, -0.05) is 26.8 Å². The Labute approximate surface area is 122 Å². The molecule has 0 bridgehead atoms. The van der Waals surface area contributed by atoms with Crippen LogP contribution in [-0.4, -0.2) is 19.8 Å². The van der Waals surface area contributed by atoms with E-state index in [0.29, 0.717) is 5.92 Å². The molecule has 3 heteroatoms. The number of aryl methyl sites for hydroxylation is 2. The molecule has 0 amide bonds. The number of hydrogen-bond acceptors (Lipinski definition) is 2. The highest BCUT2D eigenvalue weighted by Crippen LogP contribution is 2.29. The molecule has 2 atom stereocenters. The SMILES string of the molecule is CCCNC(c1c(C)cc(C)cc1F)C(OC)C(C)C. The molecule has 2 nitrogen and oxygen atoms in total. The molecule has 0 aliphatic heterocycles. The molecular formula is C17H28FNO. The third kappa shape index (κ3) is 4.03. The molecule has 114 valence electrons. The second kappa shape index (κ2) is 7.75. The quantitative estimate of drug-likeness (QED) is 0.810. The van der Waals surface area contributed by atoms with Crippen molar-refractivity contribution in [1.82, 2.24) is 5.32 Å². The maximum atomic E-state index is 14.5. The molecule has 0 aliphatic carbocycles. The molecule has 0 radical (unpaired) electrons. The topological polar surface area (TPSA) is 21.3 Å². The van der Waals surface area contributed by atoms with E-state index < -0.39 is 0 Å². The van der Waals surface area contributed by atoms with Crippen LogP contribution in [0.15, 0.2) is 12.1 Å². The second-order valence-electron chi connectivity index (χ2n) is 5.85. The van der Waals surface area contributed by atoms with Gasteiger partial charge in [-0.2, -0.15) is 0 Å². The zero-order valence-corrected chi connectivity index (χ0v) is 13.6. The maximum absolute atomic E-state index is 14.5. The largest absolute Gasteiger partial charge is 0.379 e. The first-order valence-electron chi connectivity index (χ1n) is 7.45. The lowest BCUT2D eigenvalue weighted by Crippen LogP contribution is -2.38. The lowest BCUT2D eigenvalue weighted by Gasteiger charge is -2.31. The van der Waals surface area contributed by atoms with Gasteiger partial charge in [0.1, 0.15) is 5.82 Å². The summed E-state index contributed by atoms with van der Waals surface area (Å²) in [6.07, 6.45) is 0.967. The van der Waals surface area contributed by atoms with Gasteiger partial charge in [0, 0.05) is 12.7 Å². The smallest absolute Gasteiger partial charge is 0.128 e. The van der Waals surface area contributed by atoms with Crippen molar-refractivity contribution in [2.75, 3.05) is 13.7 Å². The van der Waals surface area contributed by atoms with Crippen LogP contribution in [-0.2, 0) is 4.74 Å². The molecule has 1 rings (SSSR count). The Kier molecular flexibility index (Phi) is 6.63. The lowest BCUT2D eigenvalue weighted by molar-refractivity contribution is 0.0315. The van der Waals surface area contributed by atoms with E-state index in [-0.39, 0.29) is 18.0 Å². The standard InChI is InChI=1S/C17H28FNO/c1-7-8-19-16(17(20-6)11(2)3)15-13(5)9-12(4)10-14(15)18/h9-11,16-17,19H,7-8H2,1-6H3. The van der Waals surface area contributed by atoms with E-state index in [9.17, 15) is 4.39 Å². The zero-order chi connectivity index (χ0) is 15.3. The summed E-state index contributed by atoms with van der Waals surface area (Å²) < 4.78 is 20.1. The summed E-state index contributed by atoms with van der Waals surface area (Å²) in [5.41, 5.74) is 2.68. The molecular weight excluding hydrogens is 253 g/mol. The van der Waals surface area contributed by atoms with Gasteiger partial charge in [-0.05, 0) is 49.9 Å². The summed E-state index contributed by atoms with van der Waals surface area (Å²) in [5.74, 6) is 0.174. The molecule has 1 aromatic carbocycles. The minimum Gasteiger partial charge on any atom is -0.379 e. The minimum atomic E-state index is -0.140. The van der Waals surface area contributed by atoms with Gasteiger partial charge in [-0.25, -0.2) is 4.39 Å². The maximum Gasteiger partial charge on any atom is 0.128 e. The summed E-state index contributed by atoms with van der Waals surface area (Å²) in [7, 11) is 1.70. The number of benzene rings is 1. The van der Waals surface area contributed by atoms with Crippen LogP contribution < -0.4 is 5.32 Å². The van der Waals surface area contributed by atoms with Crippen molar-refractivity contribution in [3.63, 3.8) is 0 Å². The summed E-state index contributed by atoms with van der Waals surface area (Å²) in [5, 5.41) is 3.45. The molecule has 20 heavy (non-hydrogen) atoms. The average molecular weight is 281 g/mol. The minimum absolute atomic E-state index is 0.0440. The predicted octanol–water partition coefficient (Wildman–Crippen LogP) is 4.15. The Morgan fingerprint density at radius 2 is 1.90 bits per heavy atom. The van der Waals surface area contributed by atoms with Gasteiger partial charge >= 0.3 is 0 Å². The molecule has 0 aromatic heterocycles. The van der Waals surface area contributed by atoms with Gasteiger partial charge in [0.15, 0.2) is 0 Å². The van der Waals surface area contributed by atoms with Crippen molar-refractivity contribution >= 4 is 0 Å². The first-order valence-corrected chi connectivity index (χ1v) is 7.45. The third-order valence-electron chi connectivity index (χ3n) is 3.66. The van der Waals surface area contributed by atoms with E-state index in [0.717, 1.165) is 29.7 Å². The third-order valence-corrected chi connectivity index (χ3v) is 3.66. The van der Waals surface area contributed by atoms with Crippen molar-refractivity contribution in [1.29, 1.82) is 0 Å². The highest BCUT2D eigenvalue weighted by Gasteiger charge is 2.29. The van der Waals surface area contributed by atoms with Gasteiger partial charge in [0.25, 0.3) is 0 Å². The molecule has 0 saturated carbocycles. The fraction of sp³-hybridized carbons (Fsp3) is 0.647. The van der Waals surface area contributed by atoms with E-state index in [1.165, 1.54) is 0 Å². The molecule has 0 saturated heterocycles. The van der Waals surface area contributed by atoms with Crippen molar-refractivity contribution in [3.05, 3.63) is 34.6 Å². The van der Waals surface area contributed by atoms with Crippen LogP contribution in [0, 0.1) is 25.6 Å². The molecule has 0 fully saturated rings. The molecule has 0 spiro atoms. The van der Waals surface area contributed by atoms with E-state index >= 15 is 0 Å². The summed E-state index contributed by atoms with van der Waals surface area (Å²) in [6, 6.07) is 3.53. The van der Waals surface area contributed by atoms with Crippen LogP contribution in [0.4, 0.5) is 4.39 Å². The van der Waals surface area contributed by atoms with Crippen LogP contribution in [0.5, 0.6) is 0 Å². The van der Waals surface area contributed by atoms with Gasteiger partial charge < -0.3 is 10.1 Å². The normalized spacial score (nSPS) is 14.6. The number of methoxy groups -OCH3 is 1. The lowest BCUT2D eigenvalue weighted by atomic mass is 9.89. The monoisotopic (exact) mass is 281 g/mol. The molecule has 2 unspecified atom stereocenters. The van der Waals surface area contributed by atoms with Crippen LogP contribution in [0.25, 0.3) is 0 Å². The predicted molar refractivity (Wildman–Crippen MR) is 82.5 cm³/mol. The molecule has 1 aromatic rings. The van der Waals surface area contributed by atoms with Crippen molar-refractivity contribution in [3.8, 4) is 0 Å². The first kappa shape index (κ1) is 17.1. The van der Waals surface area contributed by atoms with Gasteiger partial charge in [-0.15, -0.1) is 0 Å². The van der Waals surface area contributed by atoms with E-state index in [1.807, 2.05) is 19.9 Å². The highest BCUT2D eigenvalue weighted by atomic mass is 19.1. The Hall–Kier alpha value is -0.930. The fourth-order valence-electron chi connectivity index (χ4n) is 2.80. The van der Waals surface area contributed by atoms with Crippen LogP contribution >= 0.6 is 0 Å². The van der Waals surface area contributed by atoms with Crippen LogP contribution in [0.3, 0.4) is 0 Å². The Morgan fingerprint density at radius 1 is 1.25 bits per heavy atom. The van der Waals surface area contributed by atoms with Gasteiger partial charge in [-0.3, -0.25) is 0 Å². The molecule has 1 N–H and O–H groups in total. The molecule has 0 heterocycles. The number of rotatable bonds is 7. The van der Waals surface area contributed by atoms with Gasteiger partial charge in [0.2, 0.25) is 0 Å². The summed E-state index contributed by atoms with van der Waals surface area (Å²) in [4.78, 5) is 0.